The number of ether oxygens (including phenoxy) is 1. The highest BCUT2D eigenvalue weighted by atomic mass is 19.1. The van der Waals surface area contributed by atoms with Crippen molar-refractivity contribution in [1.82, 2.24) is 9.55 Å². The fourth-order valence-electron chi connectivity index (χ4n) is 2.24. The summed E-state index contributed by atoms with van der Waals surface area (Å²) in [5, 5.41) is 12.4. The lowest BCUT2D eigenvalue weighted by Crippen LogP contribution is -2.37. The van der Waals surface area contributed by atoms with Gasteiger partial charge < -0.3 is 9.84 Å². The lowest BCUT2D eigenvalue weighted by molar-refractivity contribution is -0.0404. The number of aliphatic hydroxyl groups excluding tert-OH is 1. The average molecular weight is 299 g/mol. The van der Waals surface area contributed by atoms with Gasteiger partial charge in [0.15, 0.2) is 12.4 Å². The van der Waals surface area contributed by atoms with Gasteiger partial charge in [-0.2, -0.15) is 0 Å². The molecule has 2 rings (SSSR count). The quantitative estimate of drug-likeness (QED) is 0.460. The number of aryl methyl sites for hydroxylation is 1. The highest BCUT2D eigenvalue weighted by Gasteiger charge is 2.45. The van der Waals surface area contributed by atoms with E-state index in [-0.39, 0.29) is 5.56 Å². The highest BCUT2D eigenvalue weighted by Crippen LogP contribution is 2.32. The molecule has 2 N–H and O–H groups in total. The van der Waals surface area contributed by atoms with E-state index < -0.39 is 42.4 Å². The first-order chi connectivity index (χ1) is 10.0. The van der Waals surface area contributed by atoms with Crippen LogP contribution in [0, 0.1) is 0 Å². The van der Waals surface area contributed by atoms with Crippen LogP contribution in [0.2, 0.25) is 0 Å². The second-order valence-corrected chi connectivity index (χ2v) is 4.56. The highest BCUT2D eigenvalue weighted by molar-refractivity contribution is 5.06. The number of nitrogens with one attached hydrogen (secondary N) is 1. The third-order valence-corrected chi connectivity index (χ3v) is 3.36. The molecular formula is C11H14FN5O4. The molecule has 1 aliphatic rings. The van der Waals surface area contributed by atoms with Crippen molar-refractivity contribution >= 4 is 0 Å². The van der Waals surface area contributed by atoms with Gasteiger partial charge in [0.05, 0.1) is 12.7 Å². The minimum atomic E-state index is -1.81. The van der Waals surface area contributed by atoms with Gasteiger partial charge in [-0.15, -0.1) is 0 Å². The van der Waals surface area contributed by atoms with E-state index >= 15 is 0 Å². The Bertz CT molecular complexity index is 680. The minimum absolute atomic E-state index is 0.290. The Morgan fingerprint density at radius 1 is 1.62 bits per heavy atom. The van der Waals surface area contributed by atoms with Gasteiger partial charge in [0.2, 0.25) is 0 Å². The largest absolute Gasteiger partial charge is 0.394 e. The van der Waals surface area contributed by atoms with Crippen LogP contribution in [-0.4, -0.2) is 39.6 Å². The number of alkyl halides is 1. The van der Waals surface area contributed by atoms with Gasteiger partial charge in [-0.1, -0.05) is 12.0 Å². The molecule has 1 aromatic heterocycles. The monoisotopic (exact) mass is 299 g/mol. The Morgan fingerprint density at radius 2 is 2.33 bits per heavy atom. The summed E-state index contributed by atoms with van der Waals surface area (Å²) in [7, 11) is 0. The maximum absolute atomic E-state index is 14.3. The fourth-order valence-corrected chi connectivity index (χ4v) is 2.24. The number of aliphatic hydroxyl groups is 1. The predicted molar refractivity (Wildman–Crippen MR) is 69.5 cm³/mol. The predicted octanol–water partition coefficient (Wildman–Crippen LogP) is 0.00570. The van der Waals surface area contributed by atoms with Gasteiger partial charge in [-0.25, -0.2) is 9.18 Å². The second kappa shape index (κ2) is 6.08. The molecule has 0 bridgehead atoms. The molecule has 0 saturated carbocycles. The smallest absolute Gasteiger partial charge is 0.330 e. The van der Waals surface area contributed by atoms with Crippen molar-refractivity contribution < 1.29 is 14.2 Å². The molecule has 10 heteroatoms. The van der Waals surface area contributed by atoms with Crippen LogP contribution >= 0.6 is 0 Å². The molecular weight excluding hydrogens is 285 g/mol. The Hall–Kier alpha value is -2.16. The van der Waals surface area contributed by atoms with Crippen LogP contribution in [0.5, 0.6) is 0 Å². The summed E-state index contributed by atoms with van der Waals surface area (Å²) in [4.78, 5) is 27.9. The molecule has 4 unspecified atom stereocenters. The second-order valence-electron chi connectivity index (χ2n) is 4.56. The van der Waals surface area contributed by atoms with Crippen molar-refractivity contribution in [3.63, 3.8) is 0 Å². The van der Waals surface area contributed by atoms with E-state index in [1.54, 1.807) is 6.92 Å². The molecule has 0 spiro atoms. The summed E-state index contributed by atoms with van der Waals surface area (Å²) in [6, 6.07) is -1.24. The number of rotatable bonds is 4. The maximum Gasteiger partial charge on any atom is 0.330 e. The van der Waals surface area contributed by atoms with Crippen molar-refractivity contribution in [1.29, 1.82) is 0 Å². The summed E-state index contributed by atoms with van der Waals surface area (Å²) in [6.45, 7) is 1.15. The first kappa shape index (κ1) is 15.2. The summed E-state index contributed by atoms with van der Waals surface area (Å²) >= 11 is 0. The average Bonchev–Trinajstić information content (AvgIpc) is 2.77. The fraction of sp³-hybridized carbons (Fsp3) is 0.636. The van der Waals surface area contributed by atoms with E-state index in [1.807, 2.05) is 0 Å². The first-order valence-electron chi connectivity index (χ1n) is 6.32. The van der Waals surface area contributed by atoms with Gasteiger partial charge in [-0.3, -0.25) is 14.3 Å². The van der Waals surface area contributed by atoms with Crippen molar-refractivity contribution in [2.75, 3.05) is 6.61 Å². The molecule has 4 atom stereocenters. The van der Waals surface area contributed by atoms with E-state index in [9.17, 15) is 14.0 Å². The van der Waals surface area contributed by atoms with Crippen molar-refractivity contribution in [2.45, 2.75) is 37.9 Å². The molecule has 1 saturated heterocycles. The van der Waals surface area contributed by atoms with E-state index in [0.29, 0.717) is 6.42 Å². The molecule has 21 heavy (non-hydrogen) atoms. The number of hydrogen-bond donors (Lipinski definition) is 2. The molecule has 1 aromatic rings. The van der Waals surface area contributed by atoms with Crippen LogP contribution in [0.25, 0.3) is 10.4 Å². The zero-order chi connectivity index (χ0) is 15.6. The zero-order valence-corrected chi connectivity index (χ0v) is 11.1. The molecule has 0 amide bonds. The molecule has 0 aromatic carbocycles. The Labute approximate surface area is 117 Å². The van der Waals surface area contributed by atoms with Gasteiger partial charge in [0, 0.05) is 16.7 Å². The van der Waals surface area contributed by atoms with E-state index in [4.69, 9.17) is 15.4 Å². The number of aromatic nitrogens is 2. The van der Waals surface area contributed by atoms with E-state index in [2.05, 4.69) is 15.0 Å². The van der Waals surface area contributed by atoms with Crippen molar-refractivity contribution in [3.8, 4) is 0 Å². The normalized spacial score (nSPS) is 28.3. The van der Waals surface area contributed by atoms with E-state index in [1.165, 1.54) is 6.20 Å². The van der Waals surface area contributed by atoms with Crippen LogP contribution in [-0.2, 0) is 11.2 Å². The van der Waals surface area contributed by atoms with Crippen molar-refractivity contribution in [2.24, 2.45) is 5.11 Å². The van der Waals surface area contributed by atoms with Gasteiger partial charge in [0.1, 0.15) is 6.04 Å². The standard InChI is InChI=1S/C11H14FN5O4/c1-2-5-3-17(11(20)14-9(5)19)10-7(12)8(15-16-13)6(4-18)21-10/h3,6-8,10,18H,2,4H2,1H3,(H,14,19,20). The molecule has 0 aliphatic carbocycles. The van der Waals surface area contributed by atoms with Crippen LogP contribution in [0.1, 0.15) is 18.7 Å². The van der Waals surface area contributed by atoms with E-state index in [0.717, 1.165) is 4.57 Å². The molecule has 114 valence electrons. The van der Waals surface area contributed by atoms with Crippen LogP contribution < -0.4 is 11.2 Å². The number of H-pyrrole nitrogens is 1. The van der Waals surface area contributed by atoms with Gasteiger partial charge in [-0.05, 0) is 12.0 Å². The zero-order valence-electron chi connectivity index (χ0n) is 11.1. The number of nitrogens with zero attached hydrogens (tertiary/aromatic N) is 4. The Morgan fingerprint density at radius 3 is 2.90 bits per heavy atom. The van der Waals surface area contributed by atoms with Crippen LogP contribution in [0.3, 0.4) is 0 Å². The summed E-state index contributed by atoms with van der Waals surface area (Å²) in [6.07, 6.45) is -2.67. The number of azide groups is 1. The van der Waals surface area contributed by atoms with Gasteiger partial charge >= 0.3 is 5.69 Å². The first-order valence-corrected chi connectivity index (χ1v) is 6.32. The number of hydrogen-bond acceptors (Lipinski definition) is 5. The van der Waals surface area contributed by atoms with Crippen molar-refractivity contribution in [3.05, 3.63) is 43.0 Å². The Balaban J connectivity index is 2.45. The van der Waals surface area contributed by atoms with Crippen LogP contribution in [0.4, 0.5) is 4.39 Å². The molecule has 2 heterocycles. The number of aromatic amines is 1. The number of halogens is 1. The molecule has 9 nitrogen and oxygen atoms in total. The molecule has 0 radical (unpaired) electrons. The lowest BCUT2D eigenvalue weighted by Gasteiger charge is -2.16. The minimum Gasteiger partial charge on any atom is -0.394 e. The molecule has 1 fully saturated rings. The SMILES string of the molecule is CCc1cn(C2OC(CO)C(N=[N+]=[N-])C2F)c(=O)[nH]c1=O. The van der Waals surface area contributed by atoms with Crippen LogP contribution in [0.15, 0.2) is 20.9 Å². The summed E-state index contributed by atoms with van der Waals surface area (Å²) in [5.74, 6) is 0. The topological polar surface area (TPSA) is 133 Å². The third kappa shape index (κ3) is 2.68. The maximum atomic E-state index is 14.3. The molecule has 1 aliphatic heterocycles. The van der Waals surface area contributed by atoms with Gasteiger partial charge in [0.25, 0.3) is 5.56 Å². The summed E-state index contributed by atoms with van der Waals surface area (Å²) in [5.41, 5.74) is 7.34. The lowest BCUT2D eigenvalue weighted by atomic mass is 10.1. The summed E-state index contributed by atoms with van der Waals surface area (Å²) < 4.78 is 20.5. The third-order valence-electron chi connectivity index (χ3n) is 3.36. The Kier molecular flexibility index (Phi) is 4.41.